The minimum atomic E-state index is -0.141. The monoisotopic (exact) mass is 483 g/mol. The lowest BCUT2D eigenvalue weighted by molar-refractivity contribution is -0.113. The summed E-state index contributed by atoms with van der Waals surface area (Å²) in [5.74, 6) is 1.11. The second-order valence-corrected chi connectivity index (χ2v) is 8.40. The molecule has 0 radical (unpaired) electrons. The summed E-state index contributed by atoms with van der Waals surface area (Å²) in [7, 11) is 0. The lowest BCUT2D eigenvalue weighted by Gasteiger charge is -2.07. The van der Waals surface area contributed by atoms with Crippen molar-refractivity contribution in [3.63, 3.8) is 0 Å². The number of thioether (sulfide) groups is 1. The first kappa shape index (κ1) is 20.4. The van der Waals surface area contributed by atoms with Crippen molar-refractivity contribution in [3.8, 4) is 5.75 Å². The van der Waals surface area contributed by atoms with Crippen LogP contribution in [0.3, 0.4) is 0 Å². The molecule has 6 nitrogen and oxygen atoms in total. The van der Waals surface area contributed by atoms with Gasteiger partial charge in [0.2, 0.25) is 5.91 Å². The molecule has 0 saturated heterocycles. The van der Waals surface area contributed by atoms with Gasteiger partial charge in [-0.05, 0) is 53.6 Å². The van der Waals surface area contributed by atoms with Crippen molar-refractivity contribution >= 4 is 50.1 Å². The molecule has 152 valence electrons. The molecular formula is C22H18BrN3O3S. The molecule has 30 heavy (non-hydrogen) atoms. The van der Waals surface area contributed by atoms with Crippen molar-refractivity contribution in [1.29, 1.82) is 0 Å². The Hall–Kier alpha value is -2.84. The van der Waals surface area contributed by atoms with E-state index in [9.17, 15) is 4.79 Å². The predicted molar refractivity (Wildman–Crippen MR) is 121 cm³/mol. The van der Waals surface area contributed by atoms with E-state index in [-0.39, 0.29) is 18.3 Å². The number of aryl methyl sites for hydroxylation is 1. The number of rotatable bonds is 7. The molecule has 0 spiro atoms. The molecule has 1 aromatic heterocycles. The molecule has 0 atom stereocenters. The highest BCUT2D eigenvalue weighted by Crippen LogP contribution is 2.23. The van der Waals surface area contributed by atoms with Gasteiger partial charge in [-0.15, -0.1) is 10.2 Å². The summed E-state index contributed by atoms with van der Waals surface area (Å²) in [6.45, 7) is 2.10. The topological polar surface area (TPSA) is 77.2 Å². The van der Waals surface area contributed by atoms with E-state index in [1.54, 1.807) is 0 Å². The summed E-state index contributed by atoms with van der Waals surface area (Å²) < 4.78 is 12.3. The number of carbonyl (C=O) groups excluding carboxylic acids is 1. The highest BCUT2D eigenvalue weighted by molar-refractivity contribution is 9.10. The number of anilines is 1. The highest BCUT2D eigenvalue weighted by atomic mass is 79.9. The smallest absolute Gasteiger partial charge is 0.277 e. The first-order valence-corrected chi connectivity index (χ1v) is 11.0. The molecule has 3 aromatic carbocycles. The fourth-order valence-electron chi connectivity index (χ4n) is 2.84. The van der Waals surface area contributed by atoms with Crippen molar-refractivity contribution in [2.24, 2.45) is 0 Å². The van der Waals surface area contributed by atoms with E-state index in [2.05, 4.69) is 37.5 Å². The van der Waals surface area contributed by atoms with E-state index in [0.29, 0.717) is 11.1 Å². The Morgan fingerprint density at radius 1 is 1.10 bits per heavy atom. The molecule has 4 aromatic rings. The molecule has 1 N–H and O–H groups in total. The SMILES string of the molecule is Cc1cc(Br)ccc1NC(=O)CSc1nnc(COc2ccc3ccccc3c2)o1. The van der Waals surface area contributed by atoms with Crippen LogP contribution in [0.2, 0.25) is 0 Å². The summed E-state index contributed by atoms with van der Waals surface area (Å²) in [4.78, 5) is 12.2. The van der Waals surface area contributed by atoms with Gasteiger partial charge in [-0.2, -0.15) is 0 Å². The minimum absolute atomic E-state index is 0.141. The van der Waals surface area contributed by atoms with Gasteiger partial charge >= 0.3 is 0 Å². The van der Waals surface area contributed by atoms with Crippen molar-refractivity contribution in [2.75, 3.05) is 11.1 Å². The first-order chi connectivity index (χ1) is 14.6. The molecule has 0 fully saturated rings. The van der Waals surface area contributed by atoms with Gasteiger partial charge in [0.1, 0.15) is 5.75 Å². The molecule has 4 rings (SSSR count). The number of benzene rings is 3. The lowest BCUT2D eigenvalue weighted by Crippen LogP contribution is -2.14. The van der Waals surface area contributed by atoms with E-state index in [1.165, 1.54) is 11.8 Å². The Morgan fingerprint density at radius 3 is 2.77 bits per heavy atom. The quantitative estimate of drug-likeness (QED) is 0.344. The van der Waals surface area contributed by atoms with Crippen LogP contribution in [0.1, 0.15) is 11.5 Å². The number of aromatic nitrogens is 2. The second kappa shape index (κ2) is 9.32. The molecule has 0 saturated carbocycles. The summed E-state index contributed by atoms with van der Waals surface area (Å²) in [5, 5.41) is 13.4. The van der Waals surface area contributed by atoms with Crippen LogP contribution in [0.5, 0.6) is 5.75 Å². The molecule has 1 heterocycles. The van der Waals surface area contributed by atoms with E-state index in [4.69, 9.17) is 9.15 Å². The first-order valence-electron chi connectivity index (χ1n) is 9.19. The normalized spacial score (nSPS) is 10.9. The average Bonchev–Trinajstić information content (AvgIpc) is 3.20. The van der Waals surface area contributed by atoms with Gasteiger partial charge in [0.25, 0.3) is 11.1 Å². The van der Waals surface area contributed by atoms with Crippen molar-refractivity contribution in [1.82, 2.24) is 10.2 Å². The summed E-state index contributed by atoms with van der Waals surface area (Å²) in [5.41, 5.74) is 1.76. The molecule has 0 aliphatic heterocycles. The van der Waals surface area contributed by atoms with Crippen molar-refractivity contribution < 1.29 is 13.9 Å². The maximum atomic E-state index is 12.2. The van der Waals surface area contributed by atoms with Crippen LogP contribution in [-0.2, 0) is 11.4 Å². The molecular weight excluding hydrogens is 466 g/mol. The lowest BCUT2D eigenvalue weighted by atomic mass is 10.1. The number of carbonyl (C=O) groups is 1. The molecule has 0 unspecified atom stereocenters. The Morgan fingerprint density at radius 2 is 1.93 bits per heavy atom. The van der Waals surface area contributed by atoms with Crippen molar-refractivity contribution in [2.45, 2.75) is 18.8 Å². The van der Waals surface area contributed by atoms with E-state index < -0.39 is 0 Å². The maximum Gasteiger partial charge on any atom is 0.277 e. The number of nitrogens with zero attached hydrogens (tertiary/aromatic N) is 2. The molecule has 1 amide bonds. The fourth-order valence-corrected chi connectivity index (χ4v) is 3.89. The van der Waals surface area contributed by atoms with Crippen LogP contribution in [0.15, 0.2) is 74.8 Å². The number of nitrogens with one attached hydrogen (secondary N) is 1. The van der Waals surface area contributed by atoms with E-state index in [1.807, 2.05) is 61.5 Å². The third kappa shape index (κ3) is 5.20. The zero-order valence-electron chi connectivity index (χ0n) is 16.1. The number of ether oxygens (including phenoxy) is 1. The standard InChI is InChI=1S/C22H18BrN3O3S/c1-14-10-17(23)7-9-19(14)24-20(27)13-30-22-26-25-21(29-22)12-28-18-8-6-15-4-2-3-5-16(15)11-18/h2-11H,12-13H2,1H3,(H,24,27). The van der Waals surface area contributed by atoms with Gasteiger partial charge in [-0.3, -0.25) is 4.79 Å². The minimum Gasteiger partial charge on any atom is -0.484 e. The maximum absolute atomic E-state index is 12.2. The van der Waals surface area contributed by atoms with Crippen molar-refractivity contribution in [3.05, 3.63) is 76.6 Å². The summed E-state index contributed by atoms with van der Waals surface area (Å²) in [6.07, 6.45) is 0. The number of hydrogen-bond acceptors (Lipinski definition) is 6. The van der Waals surface area contributed by atoms with Gasteiger partial charge in [0.05, 0.1) is 5.75 Å². The van der Waals surface area contributed by atoms with Crippen LogP contribution in [0.25, 0.3) is 10.8 Å². The zero-order valence-corrected chi connectivity index (χ0v) is 18.5. The Kier molecular flexibility index (Phi) is 6.35. The predicted octanol–water partition coefficient (Wildman–Crippen LogP) is 5.60. The number of amides is 1. The van der Waals surface area contributed by atoms with Crippen LogP contribution in [0, 0.1) is 6.92 Å². The number of fused-ring (bicyclic) bond motifs is 1. The van der Waals surface area contributed by atoms with E-state index in [0.717, 1.165) is 32.2 Å². The van der Waals surface area contributed by atoms with Gasteiger partial charge in [0, 0.05) is 10.2 Å². The second-order valence-electron chi connectivity index (χ2n) is 6.56. The summed E-state index contributed by atoms with van der Waals surface area (Å²) in [6, 6.07) is 19.6. The number of hydrogen-bond donors (Lipinski definition) is 1. The third-order valence-corrected chi connectivity index (χ3v) is 5.63. The van der Waals surface area contributed by atoms with Crippen LogP contribution in [0.4, 0.5) is 5.69 Å². The van der Waals surface area contributed by atoms with Crippen LogP contribution >= 0.6 is 27.7 Å². The Balaban J connectivity index is 1.28. The fraction of sp³-hybridized carbons (Fsp3) is 0.136. The number of halogens is 1. The molecule has 8 heteroatoms. The Labute approximate surface area is 186 Å². The largest absolute Gasteiger partial charge is 0.484 e. The average molecular weight is 484 g/mol. The van der Waals surface area contributed by atoms with Crippen LogP contribution < -0.4 is 10.1 Å². The molecule has 0 bridgehead atoms. The third-order valence-electron chi connectivity index (χ3n) is 4.32. The van der Waals surface area contributed by atoms with Gasteiger partial charge in [0.15, 0.2) is 6.61 Å². The summed E-state index contributed by atoms with van der Waals surface area (Å²) >= 11 is 4.59. The van der Waals surface area contributed by atoms with Gasteiger partial charge in [-0.25, -0.2) is 0 Å². The van der Waals surface area contributed by atoms with Gasteiger partial charge < -0.3 is 14.5 Å². The van der Waals surface area contributed by atoms with Gasteiger partial charge in [-0.1, -0.05) is 58.0 Å². The molecule has 0 aliphatic rings. The molecule has 0 aliphatic carbocycles. The zero-order chi connectivity index (χ0) is 20.9. The highest BCUT2D eigenvalue weighted by Gasteiger charge is 2.11. The van der Waals surface area contributed by atoms with E-state index >= 15 is 0 Å². The Bertz CT molecular complexity index is 1200. The van der Waals surface area contributed by atoms with Crippen LogP contribution in [-0.4, -0.2) is 21.9 Å².